The second kappa shape index (κ2) is 5.77. The predicted octanol–water partition coefficient (Wildman–Crippen LogP) is 4.37. The highest BCUT2D eigenvalue weighted by Gasteiger charge is 2.07. The van der Waals surface area contributed by atoms with E-state index in [0.717, 1.165) is 22.0 Å². The maximum absolute atomic E-state index is 12.2. The molecule has 0 spiro atoms. The molecule has 0 aliphatic rings. The molecule has 3 aromatic rings. The number of carbonyl (C=O) groups excluding carboxylic acids is 1. The van der Waals surface area contributed by atoms with E-state index in [1.165, 1.54) is 0 Å². The van der Waals surface area contributed by atoms with Gasteiger partial charge in [0.15, 0.2) is 0 Å². The molecule has 0 saturated carbocycles. The van der Waals surface area contributed by atoms with E-state index in [1.54, 1.807) is 6.07 Å². The molecule has 0 aromatic heterocycles. The fraction of sp³-hybridized carbons (Fsp3) is 0.0556. The smallest absolute Gasteiger partial charge is 0.323 e. The minimum atomic E-state index is -0.311. The number of urea groups is 1. The van der Waals surface area contributed by atoms with Crippen molar-refractivity contribution in [2.24, 2.45) is 0 Å². The van der Waals surface area contributed by atoms with Gasteiger partial charge in [0.25, 0.3) is 0 Å². The maximum Gasteiger partial charge on any atom is 0.323 e. The van der Waals surface area contributed by atoms with E-state index in [2.05, 4.69) is 10.6 Å². The second-order valence-electron chi connectivity index (χ2n) is 5.20. The van der Waals surface area contributed by atoms with Crippen LogP contribution >= 0.6 is 0 Å². The summed E-state index contributed by atoms with van der Waals surface area (Å²) >= 11 is 0. The summed E-state index contributed by atoms with van der Waals surface area (Å²) in [4.78, 5) is 12.2. The number of hydrogen-bond donors (Lipinski definition) is 3. The van der Waals surface area contributed by atoms with Gasteiger partial charge in [-0.2, -0.15) is 0 Å². The van der Waals surface area contributed by atoms with E-state index in [-0.39, 0.29) is 6.03 Å². The van der Waals surface area contributed by atoms with Crippen LogP contribution in [0.5, 0.6) is 0 Å². The minimum Gasteiger partial charge on any atom is -0.397 e. The highest BCUT2D eigenvalue weighted by Crippen LogP contribution is 2.24. The summed E-state index contributed by atoms with van der Waals surface area (Å²) in [7, 11) is 0. The summed E-state index contributed by atoms with van der Waals surface area (Å²) in [6.45, 7) is 1.95. The molecule has 3 aromatic carbocycles. The molecule has 0 aliphatic heterocycles. The molecule has 0 aliphatic carbocycles. The molecule has 0 radical (unpaired) electrons. The minimum absolute atomic E-state index is 0.311. The normalized spacial score (nSPS) is 10.4. The standard InChI is InChI=1S/C18H17N3O/c1-12-9-10-15(19)17(11-12)21-18(22)20-16-8-4-6-13-5-2-3-7-14(13)16/h2-11H,19H2,1H3,(H2,20,21,22). The third kappa shape index (κ3) is 2.86. The Balaban J connectivity index is 1.83. The molecular weight excluding hydrogens is 274 g/mol. The average molecular weight is 291 g/mol. The molecule has 4 N–H and O–H groups in total. The number of benzene rings is 3. The lowest BCUT2D eigenvalue weighted by Crippen LogP contribution is -2.20. The van der Waals surface area contributed by atoms with Crippen molar-refractivity contribution in [3.05, 3.63) is 66.2 Å². The number of nitrogens with one attached hydrogen (secondary N) is 2. The van der Waals surface area contributed by atoms with Crippen LogP contribution in [0.2, 0.25) is 0 Å². The van der Waals surface area contributed by atoms with Crippen molar-refractivity contribution < 1.29 is 4.79 Å². The monoisotopic (exact) mass is 291 g/mol. The molecule has 0 saturated heterocycles. The van der Waals surface area contributed by atoms with Crippen LogP contribution < -0.4 is 16.4 Å². The maximum atomic E-state index is 12.2. The van der Waals surface area contributed by atoms with E-state index in [0.29, 0.717) is 11.4 Å². The topological polar surface area (TPSA) is 67.1 Å². The number of nitrogens with two attached hydrogens (primary N) is 1. The molecule has 2 amide bonds. The Morgan fingerprint density at radius 2 is 1.64 bits per heavy atom. The Labute approximate surface area is 129 Å². The van der Waals surface area contributed by atoms with Crippen molar-refractivity contribution in [1.29, 1.82) is 0 Å². The Morgan fingerprint density at radius 3 is 2.50 bits per heavy atom. The van der Waals surface area contributed by atoms with Crippen molar-refractivity contribution in [1.82, 2.24) is 0 Å². The van der Waals surface area contributed by atoms with Gasteiger partial charge in [0.2, 0.25) is 0 Å². The third-order valence-electron chi connectivity index (χ3n) is 3.49. The average Bonchev–Trinajstić information content (AvgIpc) is 2.51. The van der Waals surface area contributed by atoms with Crippen molar-refractivity contribution in [2.45, 2.75) is 6.92 Å². The molecule has 0 atom stereocenters. The van der Waals surface area contributed by atoms with Gasteiger partial charge in [0, 0.05) is 5.39 Å². The highest BCUT2D eigenvalue weighted by atomic mass is 16.2. The van der Waals surface area contributed by atoms with Crippen LogP contribution in [0.4, 0.5) is 21.9 Å². The van der Waals surface area contributed by atoms with E-state index in [4.69, 9.17) is 5.73 Å². The lowest BCUT2D eigenvalue weighted by Gasteiger charge is -2.12. The molecule has 4 nitrogen and oxygen atoms in total. The number of fused-ring (bicyclic) bond motifs is 1. The van der Waals surface area contributed by atoms with Gasteiger partial charge in [-0.1, -0.05) is 42.5 Å². The van der Waals surface area contributed by atoms with Crippen molar-refractivity contribution in [2.75, 3.05) is 16.4 Å². The predicted molar refractivity (Wildman–Crippen MR) is 92.2 cm³/mol. The van der Waals surface area contributed by atoms with E-state index >= 15 is 0 Å². The summed E-state index contributed by atoms with van der Waals surface area (Å²) < 4.78 is 0. The van der Waals surface area contributed by atoms with Crippen LogP contribution in [0.25, 0.3) is 10.8 Å². The van der Waals surface area contributed by atoms with Gasteiger partial charge in [-0.05, 0) is 36.1 Å². The highest BCUT2D eigenvalue weighted by molar-refractivity contribution is 6.07. The SMILES string of the molecule is Cc1ccc(N)c(NC(=O)Nc2cccc3ccccc23)c1. The number of amides is 2. The van der Waals surface area contributed by atoms with Gasteiger partial charge < -0.3 is 16.4 Å². The van der Waals surface area contributed by atoms with Crippen LogP contribution in [-0.2, 0) is 0 Å². The number of aryl methyl sites for hydroxylation is 1. The lowest BCUT2D eigenvalue weighted by molar-refractivity contribution is 0.262. The molecule has 22 heavy (non-hydrogen) atoms. The first-order valence-electron chi connectivity index (χ1n) is 7.05. The zero-order valence-electron chi connectivity index (χ0n) is 12.3. The first-order chi connectivity index (χ1) is 10.6. The Morgan fingerprint density at radius 1 is 0.909 bits per heavy atom. The van der Waals surface area contributed by atoms with E-state index in [9.17, 15) is 4.79 Å². The molecule has 0 bridgehead atoms. The quantitative estimate of drug-likeness (QED) is 0.613. The van der Waals surface area contributed by atoms with Crippen molar-refractivity contribution in [3.63, 3.8) is 0 Å². The van der Waals surface area contributed by atoms with Gasteiger partial charge in [-0.25, -0.2) is 4.79 Å². The third-order valence-corrected chi connectivity index (χ3v) is 3.49. The van der Waals surface area contributed by atoms with Crippen molar-refractivity contribution >= 4 is 33.9 Å². The van der Waals surface area contributed by atoms with E-state index in [1.807, 2.05) is 61.5 Å². The Kier molecular flexibility index (Phi) is 3.66. The summed E-state index contributed by atoms with van der Waals surface area (Å²) in [5, 5.41) is 7.74. The van der Waals surface area contributed by atoms with Gasteiger partial charge in [-0.15, -0.1) is 0 Å². The zero-order valence-corrected chi connectivity index (χ0v) is 12.3. The second-order valence-corrected chi connectivity index (χ2v) is 5.20. The fourth-order valence-corrected chi connectivity index (χ4v) is 2.39. The summed E-state index contributed by atoms with van der Waals surface area (Å²) in [5.74, 6) is 0. The van der Waals surface area contributed by atoms with Gasteiger partial charge in [0.05, 0.1) is 17.1 Å². The molecule has 4 heteroatoms. The number of nitrogen functional groups attached to an aromatic ring is 1. The summed E-state index contributed by atoms with van der Waals surface area (Å²) in [6, 6.07) is 18.9. The van der Waals surface area contributed by atoms with Crippen LogP contribution in [0.1, 0.15) is 5.56 Å². The molecule has 0 heterocycles. The van der Waals surface area contributed by atoms with Gasteiger partial charge >= 0.3 is 6.03 Å². The number of carbonyl (C=O) groups is 1. The van der Waals surface area contributed by atoms with Crippen LogP contribution in [-0.4, -0.2) is 6.03 Å². The Hall–Kier alpha value is -3.01. The molecule has 110 valence electrons. The first-order valence-corrected chi connectivity index (χ1v) is 7.05. The summed E-state index contributed by atoms with van der Waals surface area (Å²) in [6.07, 6.45) is 0. The van der Waals surface area contributed by atoms with Gasteiger partial charge in [0.1, 0.15) is 0 Å². The van der Waals surface area contributed by atoms with E-state index < -0.39 is 0 Å². The lowest BCUT2D eigenvalue weighted by atomic mass is 10.1. The molecular formula is C18H17N3O. The van der Waals surface area contributed by atoms with Crippen LogP contribution in [0.15, 0.2) is 60.7 Å². The van der Waals surface area contributed by atoms with Gasteiger partial charge in [-0.3, -0.25) is 0 Å². The van der Waals surface area contributed by atoms with Crippen LogP contribution in [0.3, 0.4) is 0 Å². The fourth-order valence-electron chi connectivity index (χ4n) is 2.39. The largest absolute Gasteiger partial charge is 0.397 e. The summed E-state index contributed by atoms with van der Waals surface area (Å²) in [5.41, 5.74) is 8.83. The number of hydrogen-bond acceptors (Lipinski definition) is 2. The van der Waals surface area contributed by atoms with Crippen LogP contribution in [0, 0.1) is 6.92 Å². The molecule has 3 rings (SSSR count). The Bertz CT molecular complexity index is 837. The van der Waals surface area contributed by atoms with Crippen molar-refractivity contribution in [3.8, 4) is 0 Å². The number of rotatable bonds is 2. The molecule has 0 unspecified atom stereocenters. The number of anilines is 3. The first kappa shape index (κ1) is 13.9. The zero-order chi connectivity index (χ0) is 15.5. The molecule has 0 fully saturated rings.